The Labute approximate surface area is 204 Å². The van der Waals surface area contributed by atoms with Gasteiger partial charge in [-0.3, -0.25) is 9.36 Å². The molecule has 3 aromatic rings. The molecule has 2 heterocycles. The Hall–Kier alpha value is -2.84. The van der Waals surface area contributed by atoms with Crippen LogP contribution in [0.25, 0.3) is 5.69 Å². The molecule has 0 spiro atoms. The van der Waals surface area contributed by atoms with E-state index in [0.717, 1.165) is 54.7 Å². The Bertz CT molecular complexity index is 1160. The molecule has 0 radical (unpaired) electrons. The summed E-state index contributed by atoms with van der Waals surface area (Å²) in [4.78, 5) is 15.4. The number of aromatic nitrogens is 3. The zero-order valence-corrected chi connectivity index (χ0v) is 20.6. The lowest BCUT2D eigenvalue weighted by molar-refractivity contribution is -0.121. The highest BCUT2D eigenvalue weighted by Gasteiger charge is 2.27. The summed E-state index contributed by atoms with van der Waals surface area (Å²) >= 11 is 1.45. The van der Waals surface area contributed by atoms with E-state index in [1.807, 2.05) is 13.0 Å². The van der Waals surface area contributed by atoms with Crippen LogP contribution >= 0.6 is 11.8 Å². The molecule has 0 saturated carbocycles. The van der Waals surface area contributed by atoms with Crippen molar-refractivity contribution in [2.24, 2.45) is 0 Å². The average Bonchev–Trinajstić information content (AvgIpc) is 3.28. The number of anilines is 1. The quantitative estimate of drug-likeness (QED) is 0.539. The lowest BCUT2D eigenvalue weighted by Crippen LogP contribution is -2.38. The zero-order valence-electron chi connectivity index (χ0n) is 19.7. The number of nitrogens with zero attached hydrogens (tertiary/aromatic N) is 4. The SMILES string of the molecule is Cc1cccc(-n2c(S[C@@H](C)C(=O)N[C@H]3CCCc4ccccc43)nnc2N2CCOCC2)c1. The average molecular weight is 478 g/mol. The van der Waals surface area contributed by atoms with Gasteiger partial charge in [0.15, 0.2) is 5.16 Å². The van der Waals surface area contributed by atoms with Crippen molar-refractivity contribution in [3.05, 3.63) is 65.2 Å². The summed E-state index contributed by atoms with van der Waals surface area (Å²) in [5.41, 5.74) is 4.75. The van der Waals surface area contributed by atoms with Crippen LogP contribution in [0.1, 0.15) is 42.5 Å². The Morgan fingerprint density at radius 1 is 1.15 bits per heavy atom. The van der Waals surface area contributed by atoms with Crippen LogP contribution in [0.3, 0.4) is 0 Å². The minimum absolute atomic E-state index is 0.0263. The summed E-state index contributed by atoms with van der Waals surface area (Å²) in [7, 11) is 0. The smallest absolute Gasteiger partial charge is 0.233 e. The van der Waals surface area contributed by atoms with Crippen molar-refractivity contribution < 1.29 is 9.53 Å². The maximum absolute atomic E-state index is 13.2. The second-order valence-corrected chi connectivity index (χ2v) is 10.3. The summed E-state index contributed by atoms with van der Waals surface area (Å²) in [5.74, 6) is 0.823. The maximum Gasteiger partial charge on any atom is 0.233 e. The van der Waals surface area contributed by atoms with Crippen LogP contribution in [0.15, 0.2) is 53.7 Å². The number of rotatable bonds is 6. The van der Waals surface area contributed by atoms with Gasteiger partial charge in [-0.1, -0.05) is 48.2 Å². The van der Waals surface area contributed by atoms with Gasteiger partial charge in [0, 0.05) is 13.1 Å². The Morgan fingerprint density at radius 2 is 1.97 bits per heavy atom. The number of hydrogen-bond acceptors (Lipinski definition) is 6. The Kier molecular flexibility index (Phi) is 6.87. The lowest BCUT2D eigenvalue weighted by atomic mass is 9.88. The van der Waals surface area contributed by atoms with Crippen molar-refractivity contribution >= 4 is 23.6 Å². The highest BCUT2D eigenvalue weighted by molar-refractivity contribution is 8.00. The summed E-state index contributed by atoms with van der Waals surface area (Å²) < 4.78 is 7.60. The molecule has 1 aliphatic heterocycles. The number of morpholine rings is 1. The van der Waals surface area contributed by atoms with Crippen molar-refractivity contribution in [1.29, 1.82) is 0 Å². The second kappa shape index (κ2) is 10.2. The zero-order chi connectivity index (χ0) is 23.5. The van der Waals surface area contributed by atoms with Gasteiger partial charge >= 0.3 is 0 Å². The number of carbonyl (C=O) groups is 1. The first-order valence-corrected chi connectivity index (χ1v) is 12.9. The topological polar surface area (TPSA) is 72.3 Å². The summed E-state index contributed by atoms with van der Waals surface area (Å²) in [6.07, 6.45) is 3.14. The third-order valence-electron chi connectivity index (χ3n) is 6.51. The molecular weight excluding hydrogens is 446 g/mol. The summed E-state index contributed by atoms with van der Waals surface area (Å²) in [5, 5.41) is 12.8. The number of aryl methyl sites for hydroxylation is 2. The van der Waals surface area contributed by atoms with E-state index in [0.29, 0.717) is 13.2 Å². The van der Waals surface area contributed by atoms with E-state index in [4.69, 9.17) is 4.74 Å². The molecular formula is C26H31N5O2S. The highest BCUT2D eigenvalue weighted by Crippen LogP contribution is 2.32. The van der Waals surface area contributed by atoms with E-state index in [1.165, 1.54) is 22.9 Å². The van der Waals surface area contributed by atoms with E-state index >= 15 is 0 Å². The third-order valence-corrected chi connectivity index (χ3v) is 7.55. The van der Waals surface area contributed by atoms with Gasteiger partial charge in [-0.05, 0) is 61.9 Å². The molecule has 34 heavy (non-hydrogen) atoms. The first-order chi connectivity index (χ1) is 16.6. The van der Waals surface area contributed by atoms with Gasteiger partial charge in [-0.15, -0.1) is 10.2 Å². The van der Waals surface area contributed by atoms with Gasteiger partial charge in [0.05, 0.1) is 30.2 Å². The second-order valence-electron chi connectivity index (χ2n) is 8.97. The monoisotopic (exact) mass is 477 g/mol. The molecule has 178 valence electrons. The number of benzene rings is 2. The van der Waals surface area contributed by atoms with Crippen LogP contribution in [0, 0.1) is 6.92 Å². The molecule has 2 aliphatic rings. The number of fused-ring (bicyclic) bond motifs is 1. The molecule has 1 aromatic heterocycles. The van der Waals surface area contributed by atoms with Crippen LogP contribution in [0.2, 0.25) is 0 Å². The normalized spacial score (nSPS) is 18.9. The lowest BCUT2D eigenvalue weighted by Gasteiger charge is -2.28. The highest BCUT2D eigenvalue weighted by atomic mass is 32.2. The summed E-state index contributed by atoms with van der Waals surface area (Å²) in [6, 6.07) is 16.8. The number of nitrogens with one attached hydrogen (secondary N) is 1. The number of amides is 1. The molecule has 0 unspecified atom stereocenters. The predicted molar refractivity (Wildman–Crippen MR) is 135 cm³/mol. The molecule has 7 nitrogen and oxygen atoms in total. The molecule has 8 heteroatoms. The van der Waals surface area contributed by atoms with Crippen LogP contribution < -0.4 is 10.2 Å². The van der Waals surface area contributed by atoms with Gasteiger partial charge in [-0.25, -0.2) is 0 Å². The minimum Gasteiger partial charge on any atom is -0.378 e. The van der Waals surface area contributed by atoms with Gasteiger partial charge in [0.2, 0.25) is 11.9 Å². The Balaban J connectivity index is 1.37. The number of carbonyl (C=O) groups excluding carboxylic acids is 1. The van der Waals surface area contributed by atoms with Gasteiger partial charge in [0.1, 0.15) is 0 Å². The summed E-state index contributed by atoms with van der Waals surface area (Å²) in [6.45, 7) is 6.90. The number of hydrogen-bond donors (Lipinski definition) is 1. The van der Waals surface area contributed by atoms with E-state index in [-0.39, 0.29) is 17.2 Å². The van der Waals surface area contributed by atoms with Crippen LogP contribution in [0.5, 0.6) is 0 Å². The third kappa shape index (κ3) is 4.83. The van der Waals surface area contributed by atoms with Crippen LogP contribution in [0.4, 0.5) is 5.95 Å². The molecule has 2 atom stereocenters. The first-order valence-electron chi connectivity index (χ1n) is 12.0. The number of thioether (sulfide) groups is 1. The molecule has 2 aromatic carbocycles. The van der Waals surface area contributed by atoms with Crippen molar-refractivity contribution in [1.82, 2.24) is 20.1 Å². The van der Waals surface area contributed by atoms with Crippen molar-refractivity contribution in [2.45, 2.75) is 49.6 Å². The van der Waals surface area contributed by atoms with Crippen molar-refractivity contribution in [3.63, 3.8) is 0 Å². The molecule has 0 bridgehead atoms. The molecule has 1 amide bonds. The fourth-order valence-corrected chi connectivity index (χ4v) is 5.58. The van der Waals surface area contributed by atoms with Crippen molar-refractivity contribution in [3.8, 4) is 5.69 Å². The molecule has 1 N–H and O–H groups in total. The largest absolute Gasteiger partial charge is 0.378 e. The Morgan fingerprint density at radius 3 is 2.79 bits per heavy atom. The molecule has 5 rings (SSSR count). The minimum atomic E-state index is -0.306. The number of ether oxygens (including phenoxy) is 1. The molecule has 1 fully saturated rings. The van der Waals surface area contributed by atoms with Crippen LogP contribution in [-0.4, -0.2) is 52.2 Å². The van der Waals surface area contributed by atoms with E-state index < -0.39 is 0 Å². The fraction of sp³-hybridized carbons (Fsp3) is 0.423. The molecule has 1 aliphatic carbocycles. The predicted octanol–water partition coefficient (Wildman–Crippen LogP) is 4.09. The van der Waals surface area contributed by atoms with E-state index in [9.17, 15) is 4.79 Å². The first kappa shape index (κ1) is 22.9. The van der Waals surface area contributed by atoms with Gasteiger partial charge < -0.3 is 15.0 Å². The van der Waals surface area contributed by atoms with Gasteiger partial charge in [0.25, 0.3) is 0 Å². The fourth-order valence-electron chi connectivity index (χ4n) is 4.70. The van der Waals surface area contributed by atoms with Crippen molar-refractivity contribution in [2.75, 3.05) is 31.2 Å². The van der Waals surface area contributed by atoms with E-state index in [1.54, 1.807) is 0 Å². The van der Waals surface area contributed by atoms with E-state index in [2.05, 4.69) is 74.4 Å². The molecule has 1 saturated heterocycles. The maximum atomic E-state index is 13.2. The van der Waals surface area contributed by atoms with Gasteiger partial charge in [-0.2, -0.15) is 0 Å². The van der Waals surface area contributed by atoms with Crippen LogP contribution in [-0.2, 0) is 16.0 Å². The standard InChI is InChI=1S/C26H31N5O2S/c1-18-7-5-10-21(17-18)31-25(30-13-15-33-16-14-30)28-29-26(31)34-19(2)24(32)27-23-12-6-9-20-8-3-4-11-22(20)23/h3-5,7-8,10-11,17,19,23H,6,9,12-16H2,1-2H3,(H,27,32)/t19-,23-/m0/s1.